The van der Waals surface area contributed by atoms with Crippen LogP contribution in [-0.2, 0) is 0 Å². The molecule has 0 aliphatic rings. The number of nitrogens with zero attached hydrogens (tertiary/aromatic N) is 6. The number of nitrogens with one attached hydrogen (secondary N) is 2. The van der Waals surface area contributed by atoms with Crippen molar-refractivity contribution in [3.05, 3.63) is 65.8 Å². The van der Waals surface area contributed by atoms with E-state index in [-0.39, 0.29) is 11.1 Å². The summed E-state index contributed by atoms with van der Waals surface area (Å²) in [5.74, 6) is 0.252. The van der Waals surface area contributed by atoms with Crippen LogP contribution >= 0.6 is 11.6 Å². The van der Waals surface area contributed by atoms with E-state index in [1.165, 1.54) is 23.4 Å². The minimum atomic E-state index is -0.508. The molecule has 2 aromatic carbocycles. The summed E-state index contributed by atoms with van der Waals surface area (Å²) in [4.78, 5) is 32.4. The van der Waals surface area contributed by atoms with Crippen LogP contribution in [0.1, 0.15) is 0 Å². The number of halogens is 2. The molecule has 11 heteroatoms. The van der Waals surface area contributed by atoms with Crippen molar-refractivity contribution in [3.8, 4) is 0 Å². The second-order valence-corrected chi connectivity index (χ2v) is 7.72. The Labute approximate surface area is 194 Å². The molecule has 2 aromatic heterocycles. The van der Waals surface area contributed by atoms with Gasteiger partial charge in [-0.25, -0.2) is 29.1 Å². The average molecular weight is 467 g/mol. The molecular weight excluding hydrogens is 447 g/mol. The molecule has 0 atom stereocenters. The van der Waals surface area contributed by atoms with Gasteiger partial charge in [0.15, 0.2) is 5.82 Å². The van der Waals surface area contributed by atoms with E-state index < -0.39 is 5.82 Å². The molecule has 2 N–H and O–H groups in total. The van der Waals surface area contributed by atoms with E-state index in [9.17, 15) is 9.18 Å². The Hall–Kier alpha value is -4.05. The van der Waals surface area contributed by atoms with Gasteiger partial charge in [-0.2, -0.15) is 0 Å². The average Bonchev–Trinajstić information content (AvgIpc) is 2.81. The van der Waals surface area contributed by atoms with Crippen LogP contribution in [-0.4, -0.2) is 52.0 Å². The van der Waals surface area contributed by atoms with Gasteiger partial charge in [0.2, 0.25) is 5.95 Å². The highest BCUT2D eigenvalue weighted by Gasteiger charge is 2.13. The number of rotatable bonds is 5. The third kappa shape index (κ3) is 4.90. The number of anilines is 5. The molecule has 4 aromatic rings. The maximum absolute atomic E-state index is 13.5. The highest BCUT2D eigenvalue weighted by Crippen LogP contribution is 2.26. The Morgan fingerprint density at radius 2 is 1.70 bits per heavy atom. The number of amides is 2. The quantitative estimate of drug-likeness (QED) is 0.435. The number of fused-ring (bicyclic) bond motifs is 1. The first kappa shape index (κ1) is 22.2. The van der Waals surface area contributed by atoms with Gasteiger partial charge in [-0.15, -0.1) is 0 Å². The first-order chi connectivity index (χ1) is 15.8. The summed E-state index contributed by atoms with van der Waals surface area (Å²) in [7, 11) is 5.10. The molecule has 2 amide bonds. The van der Waals surface area contributed by atoms with Gasteiger partial charge in [-0.05, 0) is 42.5 Å². The van der Waals surface area contributed by atoms with Gasteiger partial charge >= 0.3 is 6.03 Å². The Bertz CT molecular complexity index is 1320. The van der Waals surface area contributed by atoms with E-state index >= 15 is 0 Å². The minimum Gasteiger partial charge on any atom is -0.338 e. The SMILES string of the molecule is CN(C)C(=O)N(C)c1ccc(Nc2ncc3ncnc(Nc4ccc(F)c(Cl)c4)c3n2)cc1. The zero-order chi connectivity index (χ0) is 23.5. The van der Waals surface area contributed by atoms with Crippen LogP contribution in [0.2, 0.25) is 5.02 Å². The summed E-state index contributed by atoms with van der Waals surface area (Å²) < 4.78 is 13.5. The molecule has 0 saturated heterocycles. The van der Waals surface area contributed by atoms with Crippen LogP contribution in [0.15, 0.2) is 55.0 Å². The Morgan fingerprint density at radius 3 is 2.39 bits per heavy atom. The summed E-state index contributed by atoms with van der Waals surface area (Å²) in [5.41, 5.74) is 3.05. The van der Waals surface area contributed by atoms with Crippen LogP contribution in [0.5, 0.6) is 0 Å². The molecule has 168 valence electrons. The van der Waals surface area contributed by atoms with E-state index in [0.717, 1.165) is 11.4 Å². The first-order valence-corrected chi connectivity index (χ1v) is 10.2. The standard InChI is InChI=1S/C22H20ClFN8O/c1-31(2)22(33)32(3)15-7-4-13(5-8-15)29-21-25-11-18-19(30-21)20(27-12-26-18)28-14-6-9-17(24)16(23)10-14/h4-12H,1-3H3,(H,25,29,30)(H,26,27,28). The largest absolute Gasteiger partial charge is 0.338 e. The van der Waals surface area contributed by atoms with Gasteiger partial charge in [-0.3, -0.25) is 4.90 Å². The second kappa shape index (κ2) is 9.21. The summed E-state index contributed by atoms with van der Waals surface area (Å²) >= 11 is 5.87. The van der Waals surface area contributed by atoms with Crippen LogP contribution in [0.4, 0.5) is 38.0 Å². The molecule has 9 nitrogen and oxygen atoms in total. The lowest BCUT2D eigenvalue weighted by Crippen LogP contribution is -2.36. The fourth-order valence-electron chi connectivity index (χ4n) is 3.02. The fourth-order valence-corrected chi connectivity index (χ4v) is 3.20. The van der Waals surface area contributed by atoms with Crippen LogP contribution in [0, 0.1) is 5.82 Å². The number of carbonyl (C=O) groups is 1. The Balaban J connectivity index is 1.57. The molecule has 0 spiro atoms. The van der Waals surface area contributed by atoms with Gasteiger partial charge in [-0.1, -0.05) is 11.6 Å². The zero-order valence-electron chi connectivity index (χ0n) is 18.0. The van der Waals surface area contributed by atoms with E-state index in [2.05, 4.69) is 30.6 Å². The highest BCUT2D eigenvalue weighted by molar-refractivity contribution is 6.31. The summed E-state index contributed by atoms with van der Waals surface area (Å²) in [6.45, 7) is 0. The lowest BCUT2D eigenvalue weighted by atomic mass is 10.2. The van der Waals surface area contributed by atoms with Crippen molar-refractivity contribution in [2.24, 2.45) is 0 Å². The molecule has 0 unspecified atom stereocenters. The number of carbonyl (C=O) groups excluding carboxylic acids is 1. The van der Waals surface area contributed by atoms with Gasteiger partial charge in [0.25, 0.3) is 0 Å². The predicted octanol–water partition coefficient (Wildman–Crippen LogP) is 4.82. The summed E-state index contributed by atoms with van der Waals surface area (Å²) in [6.07, 6.45) is 2.96. The molecule has 33 heavy (non-hydrogen) atoms. The number of benzene rings is 2. The lowest BCUT2D eigenvalue weighted by molar-refractivity contribution is 0.225. The number of urea groups is 1. The first-order valence-electron chi connectivity index (χ1n) is 9.84. The third-order valence-electron chi connectivity index (χ3n) is 4.74. The Kier molecular flexibility index (Phi) is 6.18. The van der Waals surface area contributed by atoms with Crippen molar-refractivity contribution in [1.29, 1.82) is 0 Å². The second-order valence-electron chi connectivity index (χ2n) is 7.31. The molecule has 4 rings (SSSR count). The predicted molar refractivity (Wildman–Crippen MR) is 127 cm³/mol. The van der Waals surface area contributed by atoms with Gasteiger partial charge in [0, 0.05) is 38.2 Å². The fraction of sp³-hybridized carbons (Fsp3) is 0.136. The molecular formula is C22H20ClFN8O. The zero-order valence-corrected chi connectivity index (χ0v) is 18.8. The van der Waals surface area contributed by atoms with Crippen molar-refractivity contribution in [1.82, 2.24) is 24.8 Å². The molecule has 0 radical (unpaired) electrons. The molecule has 0 bridgehead atoms. The van der Waals surface area contributed by atoms with Crippen molar-refractivity contribution in [2.45, 2.75) is 0 Å². The van der Waals surface area contributed by atoms with Crippen molar-refractivity contribution in [2.75, 3.05) is 36.7 Å². The van der Waals surface area contributed by atoms with Crippen molar-refractivity contribution >= 4 is 57.5 Å². The molecule has 0 saturated carbocycles. The number of hydrogen-bond donors (Lipinski definition) is 2. The highest BCUT2D eigenvalue weighted by atomic mass is 35.5. The van der Waals surface area contributed by atoms with Crippen LogP contribution in [0.3, 0.4) is 0 Å². The molecule has 0 fully saturated rings. The van der Waals surface area contributed by atoms with Crippen LogP contribution in [0.25, 0.3) is 11.0 Å². The monoisotopic (exact) mass is 466 g/mol. The van der Waals surface area contributed by atoms with E-state index in [4.69, 9.17) is 11.6 Å². The van der Waals surface area contributed by atoms with Gasteiger partial charge in [0.05, 0.1) is 11.2 Å². The molecule has 0 aliphatic heterocycles. The van der Waals surface area contributed by atoms with Gasteiger partial charge in [0.1, 0.15) is 23.2 Å². The van der Waals surface area contributed by atoms with Crippen molar-refractivity contribution in [3.63, 3.8) is 0 Å². The Morgan fingerprint density at radius 1 is 0.970 bits per heavy atom. The topological polar surface area (TPSA) is 99.2 Å². The molecule has 0 aliphatic carbocycles. The number of aromatic nitrogens is 4. The van der Waals surface area contributed by atoms with E-state index in [1.807, 2.05) is 24.3 Å². The maximum atomic E-state index is 13.5. The third-order valence-corrected chi connectivity index (χ3v) is 5.03. The van der Waals surface area contributed by atoms with Crippen LogP contribution < -0.4 is 15.5 Å². The van der Waals surface area contributed by atoms with E-state index in [0.29, 0.717) is 28.5 Å². The van der Waals surface area contributed by atoms with E-state index in [1.54, 1.807) is 38.3 Å². The number of hydrogen-bond acceptors (Lipinski definition) is 7. The minimum absolute atomic E-state index is 0.00304. The molecule has 2 heterocycles. The summed E-state index contributed by atoms with van der Waals surface area (Å²) in [5, 5.41) is 6.21. The normalized spacial score (nSPS) is 10.7. The van der Waals surface area contributed by atoms with Gasteiger partial charge < -0.3 is 15.5 Å². The van der Waals surface area contributed by atoms with Crippen molar-refractivity contribution < 1.29 is 9.18 Å². The maximum Gasteiger partial charge on any atom is 0.323 e. The summed E-state index contributed by atoms with van der Waals surface area (Å²) in [6, 6.07) is 11.4. The lowest BCUT2D eigenvalue weighted by Gasteiger charge is -2.22. The smallest absolute Gasteiger partial charge is 0.323 e.